The molecule has 0 aliphatic carbocycles. The third kappa shape index (κ3) is 3.33. The number of carboxylic acid groups (broad SMARTS) is 1. The molecule has 0 radical (unpaired) electrons. The summed E-state index contributed by atoms with van der Waals surface area (Å²) in [5.41, 5.74) is 2.60. The number of nitrogens with one attached hydrogen (secondary N) is 1. The average Bonchev–Trinajstić information content (AvgIpc) is 3.10. The lowest BCUT2D eigenvalue weighted by Crippen LogP contribution is -2.25. The molecule has 26 heavy (non-hydrogen) atoms. The van der Waals surface area contributed by atoms with Gasteiger partial charge in [-0.25, -0.2) is 0 Å². The van der Waals surface area contributed by atoms with Gasteiger partial charge in [-0.15, -0.1) is 0 Å². The van der Waals surface area contributed by atoms with Gasteiger partial charge in [0.05, 0.1) is 17.3 Å². The molecule has 0 bridgehead atoms. The number of fused-ring (bicyclic) bond motifs is 1. The molecule has 7 heteroatoms. The minimum Gasteiger partial charge on any atom is -0.480 e. The summed E-state index contributed by atoms with van der Waals surface area (Å²) in [5, 5.41) is 17.0. The molecule has 1 aromatic carbocycles. The lowest BCUT2D eigenvalue weighted by molar-refractivity contribution is -0.137. The molecule has 0 saturated carbocycles. The molecule has 0 atom stereocenters. The van der Waals surface area contributed by atoms with Crippen molar-refractivity contribution in [1.29, 1.82) is 0 Å². The predicted molar refractivity (Wildman–Crippen MR) is 99.5 cm³/mol. The zero-order valence-electron chi connectivity index (χ0n) is 15.3. The van der Waals surface area contributed by atoms with Gasteiger partial charge in [0.2, 0.25) is 0 Å². The lowest BCUT2D eigenvalue weighted by Gasteiger charge is -2.21. The molecule has 3 aromatic rings. The minimum atomic E-state index is -0.897. The Labute approximate surface area is 151 Å². The van der Waals surface area contributed by atoms with Gasteiger partial charge >= 0.3 is 5.97 Å². The van der Waals surface area contributed by atoms with E-state index in [0.29, 0.717) is 11.3 Å². The van der Waals surface area contributed by atoms with Crippen LogP contribution in [0.5, 0.6) is 0 Å². The van der Waals surface area contributed by atoms with Crippen LogP contribution in [-0.4, -0.2) is 31.3 Å². The number of carbonyl (C=O) groups excluding carboxylic acids is 1. The van der Waals surface area contributed by atoms with Crippen molar-refractivity contribution < 1.29 is 14.7 Å². The van der Waals surface area contributed by atoms with E-state index in [4.69, 9.17) is 5.11 Å². The number of benzene rings is 1. The van der Waals surface area contributed by atoms with E-state index in [1.54, 1.807) is 29.1 Å². The monoisotopic (exact) mass is 354 g/mol. The molecular formula is C19H22N4O3. The predicted octanol–water partition coefficient (Wildman–Crippen LogP) is 3.24. The highest BCUT2D eigenvalue weighted by molar-refractivity contribution is 6.05. The van der Waals surface area contributed by atoms with Gasteiger partial charge in [0, 0.05) is 28.5 Å². The number of amides is 1. The maximum atomic E-state index is 12.6. The summed E-state index contributed by atoms with van der Waals surface area (Å²) in [5.74, 6) is -1.12. The smallest absolute Gasteiger partial charge is 0.323 e. The molecule has 3 rings (SSSR count). The standard InChI is InChI=1S/C19H22N4O3/c1-12-15(10-20-23(12)19(2,3)4)18(26)21-14-5-6-16-13(9-14)7-8-22(16)11-17(24)25/h5-10H,11H2,1-4H3,(H,21,26)(H,24,25). The fourth-order valence-corrected chi connectivity index (χ4v) is 3.07. The zero-order valence-corrected chi connectivity index (χ0v) is 15.3. The number of hydrogen-bond donors (Lipinski definition) is 2. The molecule has 2 N–H and O–H groups in total. The Morgan fingerprint density at radius 2 is 1.96 bits per heavy atom. The van der Waals surface area contributed by atoms with Crippen molar-refractivity contribution in [3.05, 3.63) is 47.9 Å². The van der Waals surface area contributed by atoms with Crippen LogP contribution >= 0.6 is 0 Å². The maximum Gasteiger partial charge on any atom is 0.323 e. The van der Waals surface area contributed by atoms with Crippen molar-refractivity contribution in [2.45, 2.75) is 39.8 Å². The lowest BCUT2D eigenvalue weighted by atomic mass is 10.1. The summed E-state index contributed by atoms with van der Waals surface area (Å²) in [4.78, 5) is 23.5. The number of carbonyl (C=O) groups is 2. The van der Waals surface area contributed by atoms with Crippen molar-refractivity contribution in [3.8, 4) is 0 Å². The van der Waals surface area contributed by atoms with E-state index in [9.17, 15) is 9.59 Å². The molecule has 0 spiro atoms. The van der Waals surface area contributed by atoms with Crippen molar-refractivity contribution in [2.75, 3.05) is 5.32 Å². The zero-order chi connectivity index (χ0) is 19.1. The SMILES string of the molecule is Cc1c(C(=O)Nc2ccc3c(ccn3CC(=O)O)c2)cnn1C(C)(C)C. The van der Waals surface area contributed by atoms with Crippen LogP contribution in [0.1, 0.15) is 36.8 Å². The Kier molecular flexibility index (Phi) is 4.31. The Balaban J connectivity index is 1.84. The fourth-order valence-electron chi connectivity index (χ4n) is 3.07. The highest BCUT2D eigenvalue weighted by Crippen LogP contribution is 2.23. The number of hydrogen-bond acceptors (Lipinski definition) is 3. The molecule has 0 unspecified atom stereocenters. The average molecular weight is 354 g/mol. The Morgan fingerprint density at radius 1 is 1.23 bits per heavy atom. The number of rotatable bonds is 4. The second-order valence-electron chi connectivity index (χ2n) is 7.29. The van der Waals surface area contributed by atoms with E-state index in [0.717, 1.165) is 16.6 Å². The third-order valence-electron chi connectivity index (χ3n) is 4.22. The normalized spacial score (nSPS) is 11.7. The topological polar surface area (TPSA) is 89.2 Å². The van der Waals surface area contributed by atoms with Gasteiger partial charge in [0.15, 0.2) is 0 Å². The molecule has 0 aliphatic heterocycles. The first-order chi connectivity index (χ1) is 12.2. The molecule has 7 nitrogen and oxygen atoms in total. The molecule has 2 heterocycles. The van der Waals surface area contributed by atoms with Crippen LogP contribution in [0.4, 0.5) is 5.69 Å². The summed E-state index contributed by atoms with van der Waals surface area (Å²) < 4.78 is 3.48. The number of aliphatic carboxylic acids is 1. The van der Waals surface area contributed by atoms with Gasteiger partial charge in [-0.3, -0.25) is 14.3 Å². The van der Waals surface area contributed by atoms with Crippen LogP contribution in [0.25, 0.3) is 10.9 Å². The van der Waals surface area contributed by atoms with Crippen LogP contribution in [0.3, 0.4) is 0 Å². The van der Waals surface area contributed by atoms with Crippen LogP contribution in [0.15, 0.2) is 36.7 Å². The highest BCUT2D eigenvalue weighted by Gasteiger charge is 2.21. The third-order valence-corrected chi connectivity index (χ3v) is 4.22. The van der Waals surface area contributed by atoms with Gasteiger partial charge in [-0.2, -0.15) is 5.10 Å². The van der Waals surface area contributed by atoms with E-state index in [1.807, 2.05) is 44.5 Å². The van der Waals surface area contributed by atoms with Crippen LogP contribution in [0, 0.1) is 6.92 Å². The van der Waals surface area contributed by atoms with E-state index >= 15 is 0 Å². The molecule has 0 aliphatic rings. The summed E-state index contributed by atoms with van der Waals surface area (Å²) >= 11 is 0. The molecule has 0 saturated heterocycles. The van der Waals surface area contributed by atoms with Gasteiger partial charge in [0.1, 0.15) is 6.54 Å². The molecule has 2 aromatic heterocycles. The molecule has 0 fully saturated rings. The Bertz CT molecular complexity index is 992. The van der Waals surface area contributed by atoms with E-state index in [2.05, 4.69) is 10.4 Å². The minimum absolute atomic E-state index is 0.0968. The first-order valence-electron chi connectivity index (χ1n) is 8.34. The van der Waals surface area contributed by atoms with E-state index in [-0.39, 0.29) is 18.0 Å². The van der Waals surface area contributed by atoms with Gasteiger partial charge in [0.25, 0.3) is 5.91 Å². The first kappa shape index (κ1) is 17.7. The van der Waals surface area contributed by atoms with Crippen molar-refractivity contribution in [2.24, 2.45) is 0 Å². The fraction of sp³-hybridized carbons (Fsp3) is 0.316. The van der Waals surface area contributed by atoms with Crippen LogP contribution in [0.2, 0.25) is 0 Å². The summed E-state index contributed by atoms with van der Waals surface area (Å²) in [6.45, 7) is 7.88. The second-order valence-corrected chi connectivity index (χ2v) is 7.29. The van der Waals surface area contributed by atoms with Gasteiger partial charge in [-0.05, 0) is 52.0 Å². The van der Waals surface area contributed by atoms with Crippen molar-refractivity contribution in [3.63, 3.8) is 0 Å². The van der Waals surface area contributed by atoms with Gasteiger partial charge in [-0.1, -0.05) is 0 Å². The summed E-state index contributed by atoms with van der Waals surface area (Å²) in [6.07, 6.45) is 3.31. The summed E-state index contributed by atoms with van der Waals surface area (Å²) in [6, 6.07) is 7.23. The Hall–Kier alpha value is -3.09. The van der Waals surface area contributed by atoms with Gasteiger partial charge < -0.3 is 15.0 Å². The molecular weight excluding hydrogens is 332 g/mol. The summed E-state index contributed by atoms with van der Waals surface area (Å²) in [7, 11) is 0. The Morgan fingerprint density at radius 3 is 2.58 bits per heavy atom. The molecule has 1 amide bonds. The van der Waals surface area contributed by atoms with Crippen molar-refractivity contribution in [1.82, 2.24) is 14.3 Å². The highest BCUT2D eigenvalue weighted by atomic mass is 16.4. The van der Waals surface area contributed by atoms with Crippen LogP contribution in [-0.2, 0) is 16.9 Å². The molecule has 136 valence electrons. The number of carboxylic acids is 1. The number of nitrogens with zero attached hydrogens (tertiary/aromatic N) is 3. The number of aromatic nitrogens is 3. The number of anilines is 1. The van der Waals surface area contributed by atoms with Crippen molar-refractivity contribution >= 4 is 28.5 Å². The first-order valence-corrected chi connectivity index (χ1v) is 8.34. The second kappa shape index (κ2) is 6.33. The van der Waals surface area contributed by atoms with E-state index in [1.165, 1.54) is 0 Å². The van der Waals surface area contributed by atoms with Crippen LogP contribution < -0.4 is 5.32 Å². The van der Waals surface area contributed by atoms with E-state index < -0.39 is 5.97 Å². The largest absolute Gasteiger partial charge is 0.480 e. The quantitative estimate of drug-likeness (QED) is 0.753. The maximum absolute atomic E-state index is 12.6.